The number of anilines is 1. The van der Waals surface area contributed by atoms with E-state index in [1.54, 1.807) is 26.4 Å². The van der Waals surface area contributed by atoms with E-state index in [1.165, 1.54) is 12.1 Å². The molecule has 1 N–H and O–H groups in total. The number of hydrogen-bond donors (Lipinski definition) is 1. The predicted octanol–water partition coefficient (Wildman–Crippen LogP) is 5.33. The minimum Gasteiger partial charge on any atom is -0.502 e. The van der Waals surface area contributed by atoms with Crippen molar-refractivity contribution in [3.8, 4) is 5.75 Å². The maximum atomic E-state index is 10.6. The second-order valence-electron chi connectivity index (χ2n) is 5.55. The SMILES string of the molecule is C/C=C(\C)OC.COc1ccc(NC(C)c2ccc([N+](=O)[O-])cc2)cc1. The Hall–Kier alpha value is -3.02. The molecule has 0 bridgehead atoms. The Bertz CT molecular complexity index is 710. The van der Waals surface area contributed by atoms with E-state index in [-0.39, 0.29) is 11.7 Å². The Morgan fingerprint density at radius 1 is 1.12 bits per heavy atom. The van der Waals surface area contributed by atoms with Crippen molar-refractivity contribution in [3.05, 3.63) is 76.0 Å². The first-order chi connectivity index (χ1) is 12.4. The van der Waals surface area contributed by atoms with Crippen molar-refractivity contribution in [3.63, 3.8) is 0 Å². The quantitative estimate of drug-likeness (QED) is 0.429. The second-order valence-corrected chi connectivity index (χ2v) is 5.55. The van der Waals surface area contributed by atoms with E-state index >= 15 is 0 Å². The largest absolute Gasteiger partial charge is 0.502 e. The molecule has 0 aliphatic carbocycles. The third-order valence-electron chi connectivity index (χ3n) is 3.81. The second kappa shape index (κ2) is 10.8. The normalized spacial score (nSPS) is 11.7. The first-order valence-corrected chi connectivity index (χ1v) is 8.23. The minimum absolute atomic E-state index is 0.0594. The van der Waals surface area contributed by atoms with Crippen LogP contribution in [0, 0.1) is 10.1 Å². The molecule has 0 amide bonds. The Kier molecular flexibility index (Phi) is 8.70. The van der Waals surface area contributed by atoms with Gasteiger partial charge in [0, 0.05) is 23.9 Å². The van der Waals surface area contributed by atoms with Gasteiger partial charge in [-0.05, 0) is 50.6 Å². The number of non-ortho nitro benzene ring substituents is 1. The highest BCUT2D eigenvalue weighted by molar-refractivity contribution is 5.48. The summed E-state index contributed by atoms with van der Waals surface area (Å²) < 4.78 is 9.86. The molecule has 0 aliphatic heterocycles. The molecule has 0 saturated carbocycles. The van der Waals surface area contributed by atoms with Crippen molar-refractivity contribution in [2.45, 2.75) is 26.8 Å². The lowest BCUT2D eigenvalue weighted by Gasteiger charge is -2.15. The molecule has 26 heavy (non-hydrogen) atoms. The van der Waals surface area contributed by atoms with Crippen LogP contribution < -0.4 is 10.1 Å². The molecule has 0 aliphatic rings. The number of allylic oxidation sites excluding steroid dienone is 2. The van der Waals surface area contributed by atoms with Crippen LogP contribution in [0.1, 0.15) is 32.4 Å². The third-order valence-corrected chi connectivity index (χ3v) is 3.81. The fourth-order valence-electron chi connectivity index (χ4n) is 2.02. The summed E-state index contributed by atoms with van der Waals surface area (Å²) in [5.41, 5.74) is 2.06. The number of methoxy groups -OCH3 is 2. The van der Waals surface area contributed by atoms with Gasteiger partial charge in [-0.3, -0.25) is 10.1 Å². The maximum Gasteiger partial charge on any atom is 0.269 e. The summed E-state index contributed by atoms with van der Waals surface area (Å²) in [6, 6.07) is 14.2. The van der Waals surface area contributed by atoms with Crippen molar-refractivity contribution in [2.24, 2.45) is 0 Å². The molecule has 140 valence electrons. The van der Waals surface area contributed by atoms with Crippen LogP contribution in [-0.4, -0.2) is 19.1 Å². The van der Waals surface area contributed by atoms with E-state index in [1.807, 2.05) is 51.1 Å². The summed E-state index contributed by atoms with van der Waals surface area (Å²) in [5.74, 6) is 1.77. The fraction of sp³-hybridized carbons (Fsp3) is 0.300. The average Bonchev–Trinajstić information content (AvgIpc) is 2.68. The molecular weight excluding hydrogens is 332 g/mol. The van der Waals surface area contributed by atoms with Crippen molar-refractivity contribution < 1.29 is 14.4 Å². The van der Waals surface area contributed by atoms with Crippen LogP contribution in [0.4, 0.5) is 11.4 Å². The summed E-state index contributed by atoms with van der Waals surface area (Å²) in [5, 5.41) is 13.9. The molecule has 0 fully saturated rings. The minimum atomic E-state index is -0.397. The molecule has 2 rings (SSSR count). The van der Waals surface area contributed by atoms with Crippen LogP contribution in [0.5, 0.6) is 5.75 Å². The first-order valence-electron chi connectivity index (χ1n) is 8.23. The highest BCUT2D eigenvalue weighted by Crippen LogP contribution is 2.23. The van der Waals surface area contributed by atoms with Gasteiger partial charge in [0.2, 0.25) is 0 Å². The Balaban J connectivity index is 0.000000487. The van der Waals surface area contributed by atoms with E-state index in [0.29, 0.717) is 0 Å². The van der Waals surface area contributed by atoms with E-state index < -0.39 is 4.92 Å². The fourth-order valence-corrected chi connectivity index (χ4v) is 2.02. The van der Waals surface area contributed by atoms with Gasteiger partial charge in [0.25, 0.3) is 5.69 Å². The van der Waals surface area contributed by atoms with Crippen molar-refractivity contribution in [1.29, 1.82) is 0 Å². The first kappa shape index (κ1) is 21.0. The standard InChI is InChI=1S/C15H16N2O3.C5H10O/c1-11(12-3-7-14(8-4-12)17(18)19)16-13-5-9-15(20-2)10-6-13;1-4-5(2)6-3/h3-11,16H,1-2H3;4H,1-3H3/b;5-4+. The molecule has 0 saturated heterocycles. The lowest BCUT2D eigenvalue weighted by molar-refractivity contribution is -0.384. The molecule has 0 aromatic heterocycles. The molecule has 0 heterocycles. The number of nitrogens with zero attached hydrogens (tertiary/aromatic N) is 1. The van der Waals surface area contributed by atoms with Crippen LogP contribution in [0.2, 0.25) is 0 Å². The van der Waals surface area contributed by atoms with E-state index in [9.17, 15) is 10.1 Å². The highest BCUT2D eigenvalue weighted by atomic mass is 16.6. The molecule has 2 aromatic rings. The van der Waals surface area contributed by atoms with Gasteiger partial charge in [0.15, 0.2) is 0 Å². The van der Waals surface area contributed by atoms with Crippen LogP contribution in [0.3, 0.4) is 0 Å². The molecule has 0 spiro atoms. The molecule has 1 unspecified atom stereocenters. The van der Waals surface area contributed by atoms with Gasteiger partial charge in [-0.2, -0.15) is 0 Å². The Morgan fingerprint density at radius 2 is 1.69 bits per heavy atom. The van der Waals surface area contributed by atoms with E-state index in [2.05, 4.69) is 5.32 Å². The van der Waals surface area contributed by atoms with Gasteiger partial charge in [0.1, 0.15) is 5.75 Å². The van der Waals surface area contributed by atoms with Gasteiger partial charge >= 0.3 is 0 Å². The number of nitro benzene ring substituents is 1. The van der Waals surface area contributed by atoms with Gasteiger partial charge in [-0.15, -0.1) is 0 Å². The molecule has 2 aromatic carbocycles. The summed E-state index contributed by atoms with van der Waals surface area (Å²) in [4.78, 5) is 10.2. The van der Waals surface area contributed by atoms with Crippen molar-refractivity contribution in [1.82, 2.24) is 0 Å². The van der Waals surface area contributed by atoms with Crippen LogP contribution in [0.25, 0.3) is 0 Å². The van der Waals surface area contributed by atoms with E-state index in [0.717, 1.165) is 22.8 Å². The molecule has 1 atom stereocenters. The van der Waals surface area contributed by atoms with E-state index in [4.69, 9.17) is 9.47 Å². The molecule has 6 nitrogen and oxygen atoms in total. The van der Waals surface area contributed by atoms with Gasteiger partial charge in [-0.25, -0.2) is 0 Å². The van der Waals surface area contributed by atoms with Crippen molar-refractivity contribution >= 4 is 11.4 Å². The number of rotatable bonds is 6. The number of hydrogen-bond acceptors (Lipinski definition) is 5. The lowest BCUT2D eigenvalue weighted by atomic mass is 10.1. The zero-order valence-electron chi connectivity index (χ0n) is 15.9. The predicted molar refractivity (Wildman–Crippen MR) is 105 cm³/mol. The van der Waals surface area contributed by atoms with Crippen LogP contribution in [-0.2, 0) is 4.74 Å². The van der Waals surface area contributed by atoms with Gasteiger partial charge in [0.05, 0.1) is 24.9 Å². The van der Waals surface area contributed by atoms with Crippen molar-refractivity contribution in [2.75, 3.05) is 19.5 Å². The molecule has 0 radical (unpaired) electrons. The molecular formula is C20H26N2O4. The van der Waals surface area contributed by atoms with Crippen LogP contribution in [0.15, 0.2) is 60.4 Å². The number of ether oxygens (including phenoxy) is 2. The van der Waals surface area contributed by atoms with Gasteiger partial charge in [-0.1, -0.05) is 18.2 Å². The number of nitrogens with one attached hydrogen (secondary N) is 1. The molecule has 6 heteroatoms. The zero-order chi connectivity index (χ0) is 19.5. The van der Waals surface area contributed by atoms with Crippen LogP contribution >= 0.6 is 0 Å². The summed E-state index contributed by atoms with van der Waals surface area (Å²) in [6.45, 7) is 5.87. The topological polar surface area (TPSA) is 73.6 Å². The van der Waals surface area contributed by atoms with Gasteiger partial charge < -0.3 is 14.8 Å². The third kappa shape index (κ3) is 6.84. The zero-order valence-corrected chi connectivity index (χ0v) is 15.9. The Morgan fingerprint density at radius 3 is 2.08 bits per heavy atom. The smallest absolute Gasteiger partial charge is 0.269 e. The number of benzene rings is 2. The summed E-state index contributed by atoms with van der Waals surface area (Å²) in [7, 11) is 3.29. The monoisotopic (exact) mass is 358 g/mol. The maximum absolute atomic E-state index is 10.6. The Labute approximate surface area is 154 Å². The lowest BCUT2D eigenvalue weighted by Crippen LogP contribution is -2.06. The average molecular weight is 358 g/mol. The number of nitro groups is 1. The summed E-state index contributed by atoms with van der Waals surface area (Å²) in [6.07, 6.45) is 1.92. The summed E-state index contributed by atoms with van der Waals surface area (Å²) >= 11 is 0. The highest BCUT2D eigenvalue weighted by Gasteiger charge is 2.09.